The Kier molecular flexibility index (Phi) is 5.40. The zero-order valence-corrected chi connectivity index (χ0v) is 11.9. The molecule has 0 fully saturated rings. The third-order valence-electron chi connectivity index (χ3n) is 2.51. The molecule has 1 rings (SSSR count). The van der Waals surface area contributed by atoms with Gasteiger partial charge >= 0.3 is 0 Å². The molecule has 0 aliphatic carbocycles. The van der Waals surface area contributed by atoms with E-state index in [1.807, 2.05) is 13.8 Å². The topological polar surface area (TPSA) is 26.3 Å². The molecule has 0 N–H and O–H groups in total. The number of halogens is 3. The highest BCUT2D eigenvalue weighted by Gasteiger charge is 2.13. The van der Waals surface area contributed by atoms with Crippen LogP contribution >= 0.6 is 27.5 Å². The number of rotatable bonds is 5. The van der Waals surface area contributed by atoms with Crippen LogP contribution < -0.4 is 4.74 Å². The van der Waals surface area contributed by atoms with E-state index >= 15 is 0 Å². The summed E-state index contributed by atoms with van der Waals surface area (Å²) in [6.07, 6.45) is 0.762. The minimum absolute atomic E-state index is 0.00485. The second kappa shape index (κ2) is 6.36. The summed E-state index contributed by atoms with van der Waals surface area (Å²) in [6, 6.07) is 2.57. The number of Topliss-reactive ketones (excluding diaryl/α,β-unsaturated/α-hetero) is 1. The number of carbonyl (C=O) groups is 1. The molecule has 0 bridgehead atoms. The third-order valence-corrected chi connectivity index (χ3v) is 3.42. The minimum atomic E-state index is -0.569. The molecule has 1 aromatic rings. The maximum atomic E-state index is 13.2. The zero-order chi connectivity index (χ0) is 13.0. The first-order chi connectivity index (χ1) is 7.95. The van der Waals surface area contributed by atoms with Crippen LogP contribution in [-0.4, -0.2) is 12.4 Å². The Hall–Kier alpha value is -0.610. The van der Waals surface area contributed by atoms with E-state index in [-0.39, 0.29) is 29.1 Å². The van der Waals surface area contributed by atoms with Crippen molar-refractivity contribution in [3.8, 4) is 5.75 Å². The highest BCUT2D eigenvalue weighted by Crippen LogP contribution is 2.30. The average Bonchev–Trinajstić information content (AvgIpc) is 2.30. The lowest BCUT2D eigenvalue weighted by Gasteiger charge is -2.11. The Morgan fingerprint density at radius 3 is 2.82 bits per heavy atom. The van der Waals surface area contributed by atoms with Crippen molar-refractivity contribution in [1.82, 2.24) is 0 Å². The van der Waals surface area contributed by atoms with Crippen LogP contribution in [0.5, 0.6) is 5.75 Å². The van der Waals surface area contributed by atoms with Gasteiger partial charge < -0.3 is 4.74 Å². The van der Waals surface area contributed by atoms with Crippen molar-refractivity contribution in [2.24, 2.45) is 5.92 Å². The van der Waals surface area contributed by atoms with Gasteiger partial charge in [0.1, 0.15) is 18.2 Å². The molecule has 0 amide bonds. The molecule has 5 heteroatoms. The molecule has 0 radical (unpaired) electrons. The average molecular weight is 324 g/mol. The number of ketones is 1. The Labute approximate surface area is 113 Å². The molecule has 2 nitrogen and oxygen atoms in total. The van der Waals surface area contributed by atoms with Crippen molar-refractivity contribution in [2.75, 3.05) is 6.61 Å². The first-order valence-corrected chi connectivity index (χ1v) is 6.42. The van der Waals surface area contributed by atoms with Crippen LogP contribution in [0.4, 0.5) is 4.39 Å². The fourth-order valence-corrected chi connectivity index (χ4v) is 1.89. The number of carbonyl (C=O) groups excluding carboxylic acids is 1. The number of ether oxygens (including phenoxy) is 1. The van der Waals surface area contributed by atoms with Crippen molar-refractivity contribution in [1.29, 1.82) is 0 Å². The molecule has 0 aliphatic heterocycles. The van der Waals surface area contributed by atoms with Gasteiger partial charge in [-0.15, -0.1) is 0 Å². The van der Waals surface area contributed by atoms with Crippen molar-refractivity contribution < 1.29 is 13.9 Å². The normalized spacial score (nSPS) is 12.3. The van der Waals surface area contributed by atoms with Crippen molar-refractivity contribution >= 4 is 33.3 Å². The van der Waals surface area contributed by atoms with Crippen LogP contribution in [0.15, 0.2) is 16.6 Å². The molecule has 94 valence electrons. The van der Waals surface area contributed by atoms with E-state index < -0.39 is 5.82 Å². The second-order valence-corrected chi connectivity index (χ2v) is 5.02. The SMILES string of the molecule is CCC(C)C(=O)COc1cc(F)c(Cl)cc1Br. The Morgan fingerprint density at radius 2 is 2.24 bits per heavy atom. The van der Waals surface area contributed by atoms with E-state index in [9.17, 15) is 9.18 Å². The van der Waals surface area contributed by atoms with Gasteiger partial charge in [0.2, 0.25) is 0 Å². The molecule has 0 heterocycles. The van der Waals surface area contributed by atoms with Crippen molar-refractivity contribution in [2.45, 2.75) is 20.3 Å². The van der Waals surface area contributed by atoms with Gasteiger partial charge in [-0.25, -0.2) is 4.39 Å². The summed E-state index contributed by atoms with van der Waals surface area (Å²) in [7, 11) is 0. The monoisotopic (exact) mass is 322 g/mol. The highest BCUT2D eigenvalue weighted by atomic mass is 79.9. The lowest BCUT2D eigenvalue weighted by atomic mass is 10.1. The van der Waals surface area contributed by atoms with Crippen LogP contribution in [0, 0.1) is 11.7 Å². The molecule has 1 unspecified atom stereocenters. The van der Waals surface area contributed by atoms with Crippen LogP contribution in [0.25, 0.3) is 0 Å². The van der Waals surface area contributed by atoms with Crippen LogP contribution in [0.1, 0.15) is 20.3 Å². The molecule has 17 heavy (non-hydrogen) atoms. The third kappa shape index (κ3) is 3.96. The van der Waals surface area contributed by atoms with Crippen LogP contribution in [0.3, 0.4) is 0 Å². The van der Waals surface area contributed by atoms with E-state index in [1.165, 1.54) is 6.07 Å². The summed E-state index contributed by atoms with van der Waals surface area (Å²) in [5.74, 6) is -0.343. The van der Waals surface area contributed by atoms with E-state index in [1.54, 1.807) is 0 Å². The molecule has 0 aliphatic rings. The van der Waals surface area contributed by atoms with Gasteiger partial charge in [0, 0.05) is 12.0 Å². The summed E-state index contributed by atoms with van der Waals surface area (Å²) >= 11 is 8.79. The Bertz CT molecular complexity index is 423. The van der Waals surface area contributed by atoms with E-state index in [0.29, 0.717) is 4.47 Å². The summed E-state index contributed by atoms with van der Waals surface area (Å²) in [5, 5.41) is 0.0116. The standard InChI is InChI=1S/C12H13BrClFO2/c1-3-7(2)11(16)6-17-12-5-10(15)9(14)4-8(12)13/h4-5,7H,3,6H2,1-2H3. The van der Waals surface area contributed by atoms with Gasteiger partial charge in [-0.1, -0.05) is 25.4 Å². The number of hydrogen-bond acceptors (Lipinski definition) is 2. The number of benzene rings is 1. The first kappa shape index (κ1) is 14.5. The lowest BCUT2D eigenvalue weighted by molar-refractivity contribution is -0.124. The largest absolute Gasteiger partial charge is 0.485 e. The molecule has 1 aromatic carbocycles. The molecular weight excluding hydrogens is 310 g/mol. The second-order valence-electron chi connectivity index (χ2n) is 3.76. The minimum Gasteiger partial charge on any atom is -0.485 e. The van der Waals surface area contributed by atoms with Gasteiger partial charge in [0.15, 0.2) is 5.78 Å². The smallest absolute Gasteiger partial charge is 0.172 e. The molecular formula is C12H13BrClFO2. The number of hydrogen-bond donors (Lipinski definition) is 0. The first-order valence-electron chi connectivity index (χ1n) is 5.25. The van der Waals surface area contributed by atoms with Gasteiger partial charge in [0.05, 0.1) is 9.50 Å². The quantitative estimate of drug-likeness (QED) is 0.758. The summed E-state index contributed by atoms with van der Waals surface area (Å²) in [5.41, 5.74) is 0. The van der Waals surface area contributed by atoms with Crippen molar-refractivity contribution in [3.63, 3.8) is 0 Å². The predicted octanol–water partition coefficient (Wildman–Crippen LogP) is 4.24. The van der Waals surface area contributed by atoms with Crippen LogP contribution in [0.2, 0.25) is 5.02 Å². The van der Waals surface area contributed by atoms with E-state index in [2.05, 4.69) is 15.9 Å². The van der Waals surface area contributed by atoms with Gasteiger partial charge in [0.25, 0.3) is 0 Å². The van der Waals surface area contributed by atoms with E-state index in [0.717, 1.165) is 12.5 Å². The fraction of sp³-hybridized carbons (Fsp3) is 0.417. The fourth-order valence-electron chi connectivity index (χ4n) is 1.13. The van der Waals surface area contributed by atoms with Crippen LogP contribution in [-0.2, 0) is 4.79 Å². The molecule has 0 spiro atoms. The molecule has 0 saturated heterocycles. The Morgan fingerprint density at radius 1 is 1.59 bits per heavy atom. The molecule has 0 aromatic heterocycles. The molecule has 0 saturated carbocycles. The zero-order valence-electron chi connectivity index (χ0n) is 9.60. The maximum absolute atomic E-state index is 13.2. The predicted molar refractivity (Wildman–Crippen MR) is 69.1 cm³/mol. The van der Waals surface area contributed by atoms with Gasteiger partial charge in [-0.2, -0.15) is 0 Å². The highest BCUT2D eigenvalue weighted by molar-refractivity contribution is 9.10. The summed E-state index contributed by atoms with van der Waals surface area (Å²) < 4.78 is 19.0. The van der Waals surface area contributed by atoms with Crippen molar-refractivity contribution in [3.05, 3.63) is 27.4 Å². The van der Waals surface area contributed by atoms with Gasteiger partial charge in [-0.3, -0.25) is 4.79 Å². The van der Waals surface area contributed by atoms with E-state index in [4.69, 9.17) is 16.3 Å². The Balaban J connectivity index is 2.70. The maximum Gasteiger partial charge on any atom is 0.172 e. The molecule has 1 atom stereocenters. The van der Waals surface area contributed by atoms with Gasteiger partial charge in [-0.05, 0) is 28.4 Å². The summed E-state index contributed by atoms with van der Waals surface area (Å²) in [4.78, 5) is 11.6. The lowest BCUT2D eigenvalue weighted by Crippen LogP contribution is -2.18. The summed E-state index contributed by atoms with van der Waals surface area (Å²) in [6.45, 7) is 3.71.